The van der Waals surface area contributed by atoms with Crippen molar-refractivity contribution in [2.45, 2.75) is 37.5 Å². The van der Waals surface area contributed by atoms with Gasteiger partial charge >= 0.3 is 0 Å². The molecule has 1 atom stereocenters. The van der Waals surface area contributed by atoms with Gasteiger partial charge in [-0.3, -0.25) is 0 Å². The Labute approximate surface area is 112 Å². The summed E-state index contributed by atoms with van der Waals surface area (Å²) in [6, 6.07) is 0. The highest BCUT2D eigenvalue weighted by molar-refractivity contribution is 7.91. The lowest BCUT2D eigenvalue weighted by molar-refractivity contribution is 0.240. The molecule has 1 aromatic rings. The fraction of sp³-hybridized carbons (Fsp3) is 0.833. The normalized spacial score (nSPS) is 29.4. The van der Waals surface area contributed by atoms with Crippen LogP contribution in [0.2, 0.25) is 0 Å². The molecule has 3 heterocycles. The van der Waals surface area contributed by atoms with Crippen LogP contribution in [0.4, 0.5) is 0 Å². The number of hydrogen-bond acceptors (Lipinski definition) is 6. The highest BCUT2D eigenvalue weighted by Crippen LogP contribution is 2.34. The number of hydrogen-bond donors (Lipinski definition) is 1. The van der Waals surface area contributed by atoms with Gasteiger partial charge < -0.3 is 9.84 Å². The smallest absolute Gasteiger partial charge is 0.232 e. The van der Waals surface area contributed by atoms with E-state index in [4.69, 9.17) is 4.52 Å². The summed E-state index contributed by atoms with van der Waals surface area (Å²) in [7, 11) is -2.91. The molecule has 2 aliphatic heterocycles. The van der Waals surface area contributed by atoms with Crippen molar-refractivity contribution in [2.24, 2.45) is 0 Å². The summed E-state index contributed by atoms with van der Waals surface area (Å²) in [5, 5.41) is 7.33. The van der Waals surface area contributed by atoms with Gasteiger partial charge in [-0.05, 0) is 32.4 Å². The highest BCUT2D eigenvalue weighted by Gasteiger charge is 2.37. The molecule has 0 amide bonds. The minimum Gasteiger partial charge on any atom is -0.339 e. The molecular weight excluding hydrogens is 266 g/mol. The molecule has 106 valence electrons. The Balaban J connectivity index is 1.80. The van der Waals surface area contributed by atoms with Crippen molar-refractivity contribution >= 4 is 9.84 Å². The standard InChI is InChI=1S/C12H19N3O3S/c1-12(3-5-13-6-4-12)11-14-10(15-18-11)9-2-7-19(16,17)8-9/h9,13H,2-8H2,1H3. The number of aromatic nitrogens is 2. The van der Waals surface area contributed by atoms with E-state index in [0.29, 0.717) is 18.1 Å². The van der Waals surface area contributed by atoms with Gasteiger partial charge in [-0.1, -0.05) is 12.1 Å². The summed E-state index contributed by atoms with van der Waals surface area (Å²) in [6.45, 7) is 4.04. The summed E-state index contributed by atoms with van der Waals surface area (Å²) in [5.41, 5.74) is -0.0754. The molecule has 7 heteroatoms. The van der Waals surface area contributed by atoms with Crippen molar-refractivity contribution in [1.82, 2.24) is 15.5 Å². The van der Waals surface area contributed by atoms with E-state index >= 15 is 0 Å². The summed E-state index contributed by atoms with van der Waals surface area (Å²) >= 11 is 0. The maximum atomic E-state index is 11.5. The first-order valence-corrected chi connectivity index (χ1v) is 8.56. The first kappa shape index (κ1) is 13.1. The molecule has 1 aromatic heterocycles. The fourth-order valence-electron chi connectivity index (χ4n) is 2.84. The van der Waals surface area contributed by atoms with Crippen LogP contribution in [0.25, 0.3) is 0 Å². The molecular formula is C12H19N3O3S. The minimum absolute atomic E-state index is 0.0754. The number of piperidine rings is 1. The number of nitrogens with zero attached hydrogens (tertiary/aromatic N) is 2. The third kappa shape index (κ3) is 2.53. The Morgan fingerprint density at radius 2 is 2.11 bits per heavy atom. The van der Waals surface area contributed by atoms with Gasteiger partial charge in [0.25, 0.3) is 0 Å². The van der Waals surface area contributed by atoms with E-state index in [9.17, 15) is 8.42 Å². The van der Waals surface area contributed by atoms with Crippen LogP contribution >= 0.6 is 0 Å². The monoisotopic (exact) mass is 285 g/mol. The van der Waals surface area contributed by atoms with Gasteiger partial charge in [-0.25, -0.2) is 8.42 Å². The van der Waals surface area contributed by atoms with Gasteiger partial charge in [0.05, 0.1) is 11.5 Å². The average molecular weight is 285 g/mol. The van der Waals surface area contributed by atoms with Crippen LogP contribution in [0.5, 0.6) is 0 Å². The Morgan fingerprint density at radius 1 is 1.37 bits per heavy atom. The first-order chi connectivity index (χ1) is 8.99. The molecule has 0 saturated carbocycles. The van der Waals surface area contributed by atoms with Gasteiger partial charge in [-0.2, -0.15) is 4.98 Å². The van der Waals surface area contributed by atoms with Gasteiger partial charge in [0.15, 0.2) is 15.7 Å². The van der Waals surface area contributed by atoms with E-state index < -0.39 is 9.84 Å². The number of nitrogens with one attached hydrogen (secondary N) is 1. The zero-order chi connectivity index (χ0) is 13.5. The lowest BCUT2D eigenvalue weighted by Gasteiger charge is -2.30. The van der Waals surface area contributed by atoms with Crippen LogP contribution in [-0.4, -0.2) is 43.2 Å². The van der Waals surface area contributed by atoms with Crippen LogP contribution < -0.4 is 5.32 Å². The van der Waals surface area contributed by atoms with E-state index in [-0.39, 0.29) is 22.8 Å². The van der Waals surface area contributed by atoms with E-state index in [1.165, 1.54) is 0 Å². The van der Waals surface area contributed by atoms with Gasteiger partial charge in [-0.15, -0.1) is 0 Å². The van der Waals surface area contributed by atoms with Crippen molar-refractivity contribution in [3.63, 3.8) is 0 Å². The summed E-state index contributed by atoms with van der Waals surface area (Å²) in [6.07, 6.45) is 2.55. The molecule has 19 heavy (non-hydrogen) atoms. The molecule has 2 fully saturated rings. The topological polar surface area (TPSA) is 85.1 Å². The van der Waals surface area contributed by atoms with Crippen LogP contribution in [0, 0.1) is 0 Å². The molecule has 0 aromatic carbocycles. The van der Waals surface area contributed by atoms with Crippen molar-refractivity contribution in [2.75, 3.05) is 24.6 Å². The molecule has 1 unspecified atom stereocenters. The van der Waals surface area contributed by atoms with Crippen molar-refractivity contribution in [1.29, 1.82) is 0 Å². The van der Waals surface area contributed by atoms with Gasteiger partial charge in [0.1, 0.15) is 0 Å². The van der Waals surface area contributed by atoms with Crippen LogP contribution in [0.3, 0.4) is 0 Å². The molecule has 0 spiro atoms. The molecule has 3 rings (SSSR count). The molecule has 0 radical (unpaired) electrons. The molecule has 0 bridgehead atoms. The second-order valence-corrected chi connectivity index (χ2v) is 8.10. The van der Waals surface area contributed by atoms with E-state index in [1.54, 1.807) is 0 Å². The second-order valence-electron chi connectivity index (χ2n) is 5.87. The number of rotatable bonds is 2. The molecule has 2 aliphatic rings. The van der Waals surface area contributed by atoms with Crippen molar-refractivity contribution in [3.05, 3.63) is 11.7 Å². The minimum atomic E-state index is -2.91. The maximum absolute atomic E-state index is 11.5. The average Bonchev–Trinajstić information content (AvgIpc) is 2.96. The highest BCUT2D eigenvalue weighted by atomic mass is 32.2. The third-order valence-corrected chi connectivity index (χ3v) is 6.03. The third-order valence-electron chi connectivity index (χ3n) is 4.26. The van der Waals surface area contributed by atoms with E-state index in [2.05, 4.69) is 22.4 Å². The number of sulfone groups is 1. The van der Waals surface area contributed by atoms with E-state index in [0.717, 1.165) is 25.9 Å². The Bertz CT molecular complexity index is 561. The Kier molecular flexibility index (Phi) is 3.13. The second kappa shape index (κ2) is 4.56. The summed E-state index contributed by atoms with van der Waals surface area (Å²) < 4.78 is 28.4. The lowest BCUT2D eigenvalue weighted by Crippen LogP contribution is -2.37. The maximum Gasteiger partial charge on any atom is 0.232 e. The van der Waals surface area contributed by atoms with Gasteiger partial charge in [0, 0.05) is 11.3 Å². The first-order valence-electron chi connectivity index (χ1n) is 6.74. The largest absolute Gasteiger partial charge is 0.339 e. The van der Waals surface area contributed by atoms with Crippen LogP contribution in [-0.2, 0) is 15.3 Å². The van der Waals surface area contributed by atoms with Crippen molar-refractivity contribution in [3.8, 4) is 0 Å². The molecule has 6 nitrogen and oxygen atoms in total. The lowest BCUT2D eigenvalue weighted by atomic mass is 9.81. The fourth-order valence-corrected chi connectivity index (χ4v) is 4.58. The summed E-state index contributed by atoms with van der Waals surface area (Å²) in [5.74, 6) is 1.53. The predicted molar refractivity (Wildman–Crippen MR) is 69.8 cm³/mol. The SMILES string of the molecule is CC1(c2nc(C3CCS(=O)(=O)C3)no2)CCNCC1. The molecule has 2 saturated heterocycles. The zero-order valence-electron chi connectivity index (χ0n) is 11.1. The van der Waals surface area contributed by atoms with Crippen molar-refractivity contribution < 1.29 is 12.9 Å². The molecule has 0 aliphatic carbocycles. The van der Waals surface area contributed by atoms with Crippen LogP contribution in [0.15, 0.2) is 4.52 Å². The summed E-state index contributed by atoms with van der Waals surface area (Å²) in [4.78, 5) is 4.48. The predicted octanol–water partition coefficient (Wildman–Crippen LogP) is 0.613. The Hall–Kier alpha value is -0.950. The van der Waals surface area contributed by atoms with E-state index in [1.807, 2.05) is 0 Å². The van der Waals surface area contributed by atoms with Gasteiger partial charge in [0.2, 0.25) is 5.89 Å². The quantitative estimate of drug-likeness (QED) is 0.857. The molecule has 1 N–H and O–H groups in total. The van der Waals surface area contributed by atoms with Crippen LogP contribution in [0.1, 0.15) is 43.8 Å². The Morgan fingerprint density at radius 3 is 2.74 bits per heavy atom. The zero-order valence-corrected chi connectivity index (χ0v) is 11.9.